The van der Waals surface area contributed by atoms with E-state index in [9.17, 15) is 18.2 Å². The molecule has 0 saturated carbocycles. The number of rotatable bonds is 0. The van der Waals surface area contributed by atoms with E-state index in [1.54, 1.807) is 39.8 Å². The summed E-state index contributed by atoms with van der Waals surface area (Å²) in [6.45, 7) is 36.5. The van der Waals surface area contributed by atoms with Gasteiger partial charge in [-0.2, -0.15) is 17.0 Å². The number of halogens is 1. The molecule has 0 aromatic carbocycles. The first-order valence-electron chi connectivity index (χ1n) is 14.6. The molecule has 0 aliphatic heterocycles. The van der Waals surface area contributed by atoms with Gasteiger partial charge >= 0.3 is 0 Å². The Labute approximate surface area is 300 Å². The van der Waals surface area contributed by atoms with Gasteiger partial charge in [0.1, 0.15) is 17.2 Å². The summed E-state index contributed by atoms with van der Waals surface area (Å²) in [4.78, 5) is 27.5. The molecule has 0 aromatic heterocycles. The van der Waals surface area contributed by atoms with Crippen LogP contribution >= 0.6 is 24.0 Å². The minimum absolute atomic E-state index is 0.0417. The van der Waals surface area contributed by atoms with Crippen molar-refractivity contribution in [2.45, 2.75) is 154 Å². The van der Waals surface area contributed by atoms with Gasteiger partial charge < -0.3 is 14.3 Å². The summed E-state index contributed by atoms with van der Waals surface area (Å²) < 4.78 is 26.6. The third-order valence-corrected chi connectivity index (χ3v) is 3.34. The molecule has 0 radical (unpaired) electrons. The molecule has 0 amide bonds. The summed E-state index contributed by atoms with van der Waals surface area (Å²) in [6.07, 6.45) is 5.40. The molecule has 0 N–H and O–H groups in total. The van der Waals surface area contributed by atoms with Crippen molar-refractivity contribution in [1.29, 1.82) is 5.26 Å². The van der Waals surface area contributed by atoms with Crippen molar-refractivity contribution in [2.24, 2.45) is 9.98 Å². The SMILES string of the molecule is CC#N.CC(C)(C)F.CC(C)=O.CC(C)=O.CC(C)=S.CN=C(C)C.CN=C(C)C.COC(C)(C)C.CS(C)=O.CSC(C)(C)C. The number of ketones is 2. The maximum absolute atomic E-state index is 11.7. The predicted octanol–water partition coefficient (Wildman–Crippen LogP) is 10.6. The van der Waals surface area contributed by atoms with Crippen molar-refractivity contribution in [2.75, 3.05) is 40.0 Å². The smallest absolute Gasteiger partial charge is 0.126 e. The summed E-state index contributed by atoms with van der Waals surface area (Å²) in [5.74, 6) is 0.333. The van der Waals surface area contributed by atoms with Crippen molar-refractivity contribution in [3.63, 3.8) is 0 Å². The van der Waals surface area contributed by atoms with Crippen LogP contribution in [-0.2, 0) is 25.1 Å². The van der Waals surface area contributed by atoms with E-state index in [0.717, 1.165) is 16.3 Å². The first kappa shape index (κ1) is 70.9. The fourth-order valence-electron chi connectivity index (χ4n) is 0. The fraction of sp³-hybridized carbons (Fsp3) is 0.829. The number of ether oxygens (including phenoxy) is 1. The Morgan fingerprint density at radius 2 is 0.826 bits per heavy atom. The number of nitriles is 1. The van der Waals surface area contributed by atoms with E-state index in [-0.39, 0.29) is 17.2 Å². The Morgan fingerprint density at radius 3 is 0.826 bits per heavy atom. The van der Waals surface area contributed by atoms with E-state index in [0.29, 0.717) is 4.75 Å². The van der Waals surface area contributed by atoms with Gasteiger partial charge in [-0.25, -0.2) is 4.39 Å². The zero-order chi connectivity index (χ0) is 40.5. The quantitative estimate of drug-likeness (QED) is 0.181. The van der Waals surface area contributed by atoms with E-state index < -0.39 is 16.5 Å². The van der Waals surface area contributed by atoms with Gasteiger partial charge in [0.15, 0.2) is 0 Å². The first-order chi connectivity index (χ1) is 20.0. The van der Waals surface area contributed by atoms with Crippen LogP contribution in [0.1, 0.15) is 138 Å². The van der Waals surface area contributed by atoms with Gasteiger partial charge in [-0.3, -0.25) is 14.2 Å². The average Bonchev–Trinajstić information content (AvgIpc) is 2.77. The van der Waals surface area contributed by atoms with Crippen LogP contribution in [0.25, 0.3) is 0 Å². The minimum atomic E-state index is -1.00. The fourth-order valence-corrected chi connectivity index (χ4v) is 0. The molecule has 0 saturated heterocycles. The van der Waals surface area contributed by atoms with Gasteiger partial charge in [-0.1, -0.05) is 33.0 Å². The second-order valence-electron chi connectivity index (χ2n) is 12.7. The third-order valence-electron chi connectivity index (χ3n) is 2.12. The molecule has 0 aliphatic carbocycles. The Hall–Kier alpha value is -1.35. The standard InChI is InChI=1S/C5H12O.C5H12S.C4H9F.2C4H9N.2C3H6O.C3H6S.C2H3N.C2H6OS/c2*1-5(2,3)6-4;1-4(2,3)5;2*1-4(2)5-3;3*1-3(2)4;1-2-3;1-4(2)3/h2*1-4H3;3*1-3H3;3*1-2H3;1H3;1-2H3. The van der Waals surface area contributed by atoms with Crippen molar-refractivity contribution in [1.82, 2.24) is 0 Å². The monoisotopic (exact) mass is 720 g/mol. The number of thiocarbonyl (C=S) groups is 1. The van der Waals surface area contributed by atoms with Crippen LogP contribution in [0.4, 0.5) is 4.39 Å². The molecule has 0 fully saturated rings. The number of nitrogens with zero attached hydrogens (tertiary/aromatic N) is 3. The maximum atomic E-state index is 11.7. The lowest BCUT2D eigenvalue weighted by Crippen LogP contribution is -2.15. The molecular formula is C35H78FN3O4S3. The molecule has 282 valence electrons. The van der Waals surface area contributed by atoms with Crippen molar-refractivity contribution in [3.8, 4) is 6.07 Å². The van der Waals surface area contributed by atoms with E-state index in [1.165, 1.54) is 55.4 Å². The van der Waals surface area contributed by atoms with Gasteiger partial charge in [0.05, 0.1) is 11.7 Å². The average molecular weight is 720 g/mol. The van der Waals surface area contributed by atoms with E-state index in [2.05, 4.69) is 49.2 Å². The first-order valence-corrected chi connectivity index (χ1v) is 18.2. The zero-order valence-corrected chi connectivity index (χ0v) is 37.5. The highest BCUT2D eigenvalue weighted by Gasteiger charge is 2.04. The molecule has 0 heterocycles. The highest BCUT2D eigenvalue weighted by molar-refractivity contribution is 7.99. The summed E-state index contributed by atoms with van der Waals surface area (Å²) in [5, 5.41) is 7.32. The van der Waals surface area contributed by atoms with Crippen LogP contribution in [0.15, 0.2) is 9.98 Å². The number of thioether (sulfide) groups is 1. The molecule has 11 heteroatoms. The molecule has 0 bridgehead atoms. The Bertz CT molecular complexity index is 681. The summed E-state index contributed by atoms with van der Waals surface area (Å²) in [7, 11) is 4.67. The van der Waals surface area contributed by atoms with Gasteiger partial charge in [0.2, 0.25) is 0 Å². The van der Waals surface area contributed by atoms with Gasteiger partial charge in [0.25, 0.3) is 0 Å². The van der Waals surface area contributed by atoms with Crippen LogP contribution in [0, 0.1) is 11.3 Å². The second kappa shape index (κ2) is 50.5. The molecule has 0 atom stereocenters. The van der Waals surface area contributed by atoms with E-state index in [4.69, 9.17) is 10.00 Å². The maximum Gasteiger partial charge on any atom is 0.126 e. The molecular weight excluding hydrogens is 642 g/mol. The lowest BCUT2D eigenvalue weighted by molar-refractivity contribution is -0.115. The Kier molecular flexibility index (Phi) is 77.8. The van der Waals surface area contributed by atoms with E-state index in [1.807, 2.05) is 74.1 Å². The summed E-state index contributed by atoms with van der Waals surface area (Å²) in [5.41, 5.74) is 1.30. The van der Waals surface area contributed by atoms with Crippen molar-refractivity contribution in [3.05, 3.63) is 0 Å². The number of hydrogen-bond acceptors (Lipinski definition) is 9. The number of aliphatic imine (C=N–C) groups is 2. The number of alkyl halides is 1. The molecule has 7 nitrogen and oxygen atoms in total. The summed E-state index contributed by atoms with van der Waals surface area (Å²) >= 11 is 6.42. The molecule has 0 spiro atoms. The normalized spacial score (nSPS) is 8.59. The largest absolute Gasteiger partial charge is 0.379 e. The van der Waals surface area contributed by atoms with Crippen LogP contribution in [0.5, 0.6) is 0 Å². The number of carbonyl (C=O) groups excluding carboxylic acids is 2. The lowest BCUT2D eigenvalue weighted by Gasteiger charge is -2.14. The number of hydrogen-bond donors (Lipinski definition) is 0. The predicted molar refractivity (Wildman–Crippen MR) is 218 cm³/mol. The van der Waals surface area contributed by atoms with Gasteiger partial charge in [-0.15, -0.1) is 0 Å². The second-order valence-corrected chi connectivity index (χ2v) is 16.7. The van der Waals surface area contributed by atoms with Crippen LogP contribution in [0.3, 0.4) is 0 Å². The number of carbonyl (C=O) groups is 2. The number of methoxy groups -OCH3 is 1. The Morgan fingerprint density at radius 1 is 0.761 bits per heavy atom. The zero-order valence-electron chi connectivity index (χ0n) is 35.1. The topological polar surface area (TPSA) is 109 Å². The Balaban J connectivity index is -0.0000000394. The molecule has 0 aliphatic rings. The van der Waals surface area contributed by atoms with Crippen molar-refractivity contribution >= 4 is 62.6 Å². The van der Waals surface area contributed by atoms with Crippen LogP contribution in [-0.4, -0.2) is 88.1 Å². The van der Waals surface area contributed by atoms with Crippen LogP contribution in [0.2, 0.25) is 0 Å². The molecule has 0 aromatic rings. The molecule has 46 heavy (non-hydrogen) atoms. The molecule has 0 unspecified atom stereocenters. The van der Waals surface area contributed by atoms with Gasteiger partial charge in [-0.05, 0) is 122 Å². The van der Waals surface area contributed by atoms with Crippen molar-refractivity contribution < 1.29 is 22.9 Å². The van der Waals surface area contributed by atoms with Gasteiger partial charge in [0, 0.05) is 67.6 Å². The number of Topliss-reactive ketones (excluding diaryl/α,β-unsaturated/α-hetero) is 2. The highest BCUT2D eigenvalue weighted by Crippen LogP contribution is 2.18. The molecule has 0 rings (SSSR count). The highest BCUT2D eigenvalue weighted by atomic mass is 32.2. The van der Waals surface area contributed by atoms with Crippen LogP contribution < -0.4 is 0 Å². The minimum Gasteiger partial charge on any atom is -0.379 e. The summed E-state index contributed by atoms with van der Waals surface area (Å²) in [6, 6.07) is 1.75. The lowest BCUT2D eigenvalue weighted by atomic mass is 10.2. The third kappa shape index (κ3) is 989. The van der Waals surface area contributed by atoms with E-state index >= 15 is 0 Å².